The second-order valence-corrected chi connectivity index (χ2v) is 5.18. The van der Waals surface area contributed by atoms with Crippen molar-refractivity contribution in [2.24, 2.45) is 5.92 Å². The Morgan fingerprint density at radius 1 is 1.29 bits per heavy atom. The third kappa shape index (κ3) is 4.36. The first-order valence-corrected chi connectivity index (χ1v) is 7.63. The van der Waals surface area contributed by atoms with Gasteiger partial charge in [0, 0.05) is 31.1 Å². The summed E-state index contributed by atoms with van der Waals surface area (Å²) in [7, 11) is 0. The molecule has 2 N–H and O–H groups in total. The molecular weight excluding hydrogens is 268 g/mol. The van der Waals surface area contributed by atoms with Crippen LogP contribution < -0.4 is 20.1 Å². The van der Waals surface area contributed by atoms with Gasteiger partial charge in [0.15, 0.2) is 11.5 Å². The molecule has 0 aromatic heterocycles. The molecule has 5 nitrogen and oxygen atoms in total. The van der Waals surface area contributed by atoms with E-state index in [0.29, 0.717) is 42.7 Å². The Balaban J connectivity index is 2.00. The van der Waals surface area contributed by atoms with Crippen molar-refractivity contribution in [3.05, 3.63) is 23.8 Å². The Kier molecular flexibility index (Phi) is 5.87. The van der Waals surface area contributed by atoms with Gasteiger partial charge in [-0.05, 0) is 31.5 Å². The van der Waals surface area contributed by atoms with Crippen LogP contribution >= 0.6 is 0 Å². The predicted octanol–water partition coefficient (Wildman–Crippen LogP) is 1.82. The van der Waals surface area contributed by atoms with Crippen molar-refractivity contribution in [3.63, 3.8) is 0 Å². The van der Waals surface area contributed by atoms with E-state index in [1.165, 1.54) is 0 Å². The standard InChI is InChI=1S/C16H24N2O3/c1-3-7-21-14-6-5-13(8-15(14)20-4-2)16(19)18-11-12-9-17-10-12/h5-6,8,12,17H,3-4,7,9-11H2,1-2H3,(H,18,19). The Hall–Kier alpha value is -1.75. The molecule has 1 amide bonds. The van der Waals surface area contributed by atoms with Crippen LogP contribution in [0, 0.1) is 5.92 Å². The number of hydrogen-bond donors (Lipinski definition) is 2. The molecule has 1 fully saturated rings. The number of carbonyl (C=O) groups excluding carboxylic acids is 1. The van der Waals surface area contributed by atoms with Crippen molar-refractivity contribution in [2.45, 2.75) is 20.3 Å². The Morgan fingerprint density at radius 3 is 2.71 bits per heavy atom. The summed E-state index contributed by atoms with van der Waals surface area (Å²) in [6.07, 6.45) is 0.934. The van der Waals surface area contributed by atoms with Gasteiger partial charge in [-0.15, -0.1) is 0 Å². The summed E-state index contributed by atoms with van der Waals surface area (Å²) >= 11 is 0. The first kappa shape index (κ1) is 15.6. The third-order valence-corrected chi connectivity index (χ3v) is 3.38. The zero-order chi connectivity index (χ0) is 15.1. The maximum Gasteiger partial charge on any atom is 0.251 e. The highest BCUT2D eigenvalue weighted by molar-refractivity contribution is 5.94. The average Bonchev–Trinajstić information content (AvgIpc) is 2.44. The van der Waals surface area contributed by atoms with Gasteiger partial charge < -0.3 is 20.1 Å². The highest BCUT2D eigenvalue weighted by Crippen LogP contribution is 2.28. The summed E-state index contributed by atoms with van der Waals surface area (Å²) in [5, 5.41) is 6.15. The fourth-order valence-corrected chi connectivity index (χ4v) is 2.08. The molecule has 0 spiro atoms. The van der Waals surface area contributed by atoms with Crippen molar-refractivity contribution in [3.8, 4) is 11.5 Å². The number of amides is 1. The van der Waals surface area contributed by atoms with Crippen LogP contribution in [0.15, 0.2) is 18.2 Å². The van der Waals surface area contributed by atoms with E-state index < -0.39 is 0 Å². The summed E-state index contributed by atoms with van der Waals surface area (Å²) in [6.45, 7) is 7.82. The van der Waals surface area contributed by atoms with Crippen LogP contribution in [0.25, 0.3) is 0 Å². The van der Waals surface area contributed by atoms with Crippen LogP contribution in [0.4, 0.5) is 0 Å². The lowest BCUT2D eigenvalue weighted by Crippen LogP contribution is -2.48. The normalized spacial score (nSPS) is 14.4. The number of rotatable bonds is 8. The lowest BCUT2D eigenvalue weighted by atomic mass is 10.0. The molecule has 1 heterocycles. The number of hydrogen-bond acceptors (Lipinski definition) is 4. The van der Waals surface area contributed by atoms with E-state index in [1.54, 1.807) is 18.2 Å². The molecule has 1 aliphatic heterocycles. The highest BCUT2D eigenvalue weighted by atomic mass is 16.5. The van der Waals surface area contributed by atoms with Gasteiger partial charge >= 0.3 is 0 Å². The molecule has 21 heavy (non-hydrogen) atoms. The minimum Gasteiger partial charge on any atom is -0.490 e. The summed E-state index contributed by atoms with van der Waals surface area (Å²) in [5.74, 6) is 1.81. The molecule has 1 aliphatic rings. The third-order valence-electron chi connectivity index (χ3n) is 3.38. The second-order valence-electron chi connectivity index (χ2n) is 5.18. The van der Waals surface area contributed by atoms with Crippen LogP contribution in [0.3, 0.4) is 0 Å². The van der Waals surface area contributed by atoms with E-state index in [-0.39, 0.29) is 5.91 Å². The first-order chi connectivity index (χ1) is 10.2. The summed E-state index contributed by atoms with van der Waals surface area (Å²) in [4.78, 5) is 12.1. The van der Waals surface area contributed by atoms with Gasteiger partial charge in [-0.25, -0.2) is 0 Å². The van der Waals surface area contributed by atoms with Gasteiger partial charge in [0.1, 0.15) is 0 Å². The topological polar surface area (TPSA) is 59.6 Å². The SMILES string of the molecule is CCCOc1ccc(C(=O)NCC2CNC2)cc1OCC. The molecule has 5 heteroatoms. The molecule has 0 aliphatic carbocycles. The first-order valence-electron chi connectivity index (χ1n) is 7.63. The number of ether oxygens (including phenoxy) is 2. The van der Waals surface area contributed by atoms with Gasteiger partial charge in [-0.1, -0.05) is 6.92 Å². The number of carbonyl (C=O) groups is 1. The van der Waals surface area contributed by atoms with E-state index in [9.17, 15) is 4.79 Å². The van der Waals surface area contributed by atoms with E-state index in [1.807, 2.05) is 6.92 Å². The zero-order valence-electron chi connectivity index (χ0n) is 12.8. The lowest BCUT2D eigenvalue weighted by Gasteiger charge is -2.27. The zero-order valence-corrected chi connectivity index (χ0v) is 12.8. The summed E-state index contributed by atoms with van der Waals surface area (Å²) in [5.41, 5.74) is 0.606. The van der Waals surface area contributed by atoms with Crippen LogP contribution in [-0.2, 0) is 0 Å². The maximum atomic E-state index is 12.1. The second kappa shape index (κ2) is 7.88. The molecule has 1 saturated heterocycles. The van der Waals surface area contributed by atoms with Crippen molar-refractivity contribution in [1.82, 2.24) is 10.6 Å². The molecular formula is C16H24N2O3. The van der Waals surface area contributed by atoms with Crippen LogP contribution in [0.1, 0.15) is 30.6 Å². The Labute approximate surface area is 126 Å². The molecule has 0 atom stereocenters. The van der Waals surface area contributed by atoms with E-state index in [0.717, 1.165) is 19.5 Å². The fourth-order valence-electron chi connectivity index (χ4n) is 2.08. The molecule has 2 rings (SSSR count). The fraction of sp³-hybridized carbons (Fsp3) is 0.562. The van der Waals surface area contributed by atoms with Gasteiger partial charge in [0.05, 0.1) is 13.2 Å². The lowest BCUT2D eigenvalue weighted by molar-refractivity contribution is 0.0941. The van der Waals surface area contributed by atoms with Gasteiger partial charge in [0.25, 0.3) is 5.91 Å². The van der Waals surface area contributed by atoms with E-state index in [2.05, 4.69) is 17.6 Å². The minimum atomic E-state index is -0.0649. The number of benzene rings is 1. The van der Waals surface area contributed by atoms with Crippen molar-refractivity contribution in [1.29, 1.82) is 0 Å². The van der Waals surface area contributed by atoms with Crippen LogP contribution in [-0.4, -0.2) is 38.8 Å². The maximum absolute atomic E-state index is 12.1. The quantitative estimate of drug-likeness (QED) is 0.767. The van der Waals surface area contributed by atoms with Crippen LogP contribution in [0.2, 0.25) is 0 Å². The summed E-state index contributed by atoms with van der Waals surface area (Å²) < 4.78 is 11.2. The monoisotopic (exact) mass is 292 g/mol. The highest BCUT2D eigenvalue weighted by Gasteiger charge is 2.18. The van der Waals surface area contributed by atoms with Gasteiger partial charge in [-0.2, -0.15) is 0 Å². The molecule has 0 saturated carbocycles. The molecule has 0 bridgehead atoms. The summed E-state index contributed by atoms with van der Waals surface area (Å²) in [6, 6.07) is 5.34. The Bertz CT molecular complexity index is 473. The van der Waals surface area contributed by atoms with Crippen molar-refractivity contribution in [2.75, 3.05) is 32.8 Å². The van der Waals surface area contributed by atoms with Gasteiger partial charge in [0.2, 0.25) is 0 Å². The molecule has 1 aromatic rings. The smallest absolute Gasteiger partial charge is 0.251 e. The van der Waals surface area contributed by atoms with Gasteiger partial charge in [-0.3, -0.25) is 4.79 Å². The Morgan fingerprint density at radius 2 is 2.10 bits per heavy atom. The van der Waals surface area contributed by atoms with E-state index >= 15 is 0 Å². The van der Waals surface area contributed by atoms with Crippen molar-refractivity contribution >= 4 is 5.91 Å². The largest absolute Gasteiger partial charge is 0.490 e. The average molecular weight is 292 g/mol. The molecule has 1 aromatic carbocycles. The predicted molar refractivity (Wildman–Crippen MR) is 82.1 cm³/mol. The van der Waals surface area contributed by atoms with Crippen LogP contribution in [0.5, 0.6) is 11.5 Å². The molecule has 116 valence electrons. The minimum absolute atomic E-state index is 0.0649. The molecule has 0 radical (unpaired) electrons. The van der Waals surface area contributed by atoms with E-state index in [4.69, 9.17) is 9.47 Å². The number of nitrogens with one attached hydrogen (secondary N) is 2. The van der Waals surface area contributed by atoms with Crippen molar-refractivity contribution < 1.29 is 14.3 Å². The molecule has 0 unspecified atom stereocenters.